The van der Waals surface area contributed by atoms with E-state index in [0.29, 0.717) is 12.8 Å². The molecule has 0 saturated heterocycles. The van der Waals surface area contributed by atoms with Crippen molar-refractivity contribution in [1.29, 1.82) is 0 Å². The normalized spacial score (nSPS) is 24.1. The van der Waals surface area contributed by atoms with E-state index in [-0.39, 0.29) is 94.0 Å². The van der Waals surface area contributed by atoms with Crippen LogP contribution in [0.3, 0.4) is 0 Å². The third kappa shape index (κ3) is 12.3. The molecule has 6 aromatic rings. The Kier molecular flexibility index (Phi) is 17.9. The van der Waals surface area contributed by atoms with Crippen molar-refractivity contribution < 1.29 is 56.1 Å². The summed E-state index contributed by atoms with van der Waals surface area (Å²) in [6, 6.07) is 16.7. The Morgan fingerprint density at radius 3 is 1.94 bits per heavy atom. The first-order valence-electron chi connectivity index (χ1n) is 24.9. The van der Waals surface area contributed by atoms with Crippen molar-refractivity contribution in [2.45, 2.75) is 77.1 Å². The Bertz CT molecular complexity index is 3800. The molecule has 0 radical (unpaired) electrons. The lowest BCUT2D eigenvalue weighted by Crippen LogP contribution is -2.61. The number of ketones is 2. The van der Waals surface area contributed by atoms with Crippen LogP contribution in [0, 0.1) is 28.6 Å². The number of aromatic nitrogens is 2. The van der Waals surface area contributed by atoms with Crippen LogP contribution in [0.25, 0.3) is 10.8 Å². The van der Waals surface area contributed by atoms with Crippen molar-refractivity contribution >= 4 is 162 Å². The number of fused-ring (bicyclic) bond motifs is 6. The molecule has 21 nitrogen and oxygen atoms in total. The van der Waals surface area contributed by atoms with Crippen molar-refractivity contribution in [1.82, 2.24) is 9.97 Å². The number of nitrogens with zero attached hydrogens (tertiary/aromatic N) is 6. The van der Waals surface area contributed by atoms with Crippen LogP contribution >= 0.6 is 69.1 Å². The van der Waals surface area contributed by atoms with E-state index in [1.807, 2.05) is 13.0 Å². The first-order chi connectivity index (χ1) is 38.9. The van der Waals surface area contributed by atoms with Crippen molar-refractivity contribution in [3.8, 4) is 5.75 Å². The number of hydrogen-bond donors (Lipinski definition) is 6. The molecule has 4 aliphatic carbocycles. The molecule has 7 unspecified atom stereocenters. The number of anilines is 3. The number of hydrogen-bond acceptors (Lipinski definition) is 20. The third-order valence-electron chi connectivity index (χ3n) is 15.3. The van der Waals surface area contributed by atoms with Crippen LogP contribution in [0.15, 0.2) is 150 Å². The number of alkyl halides is 4. The zero-order valence-corrected chi connectivity index (χ0v) is 49.3. The Morgan fingerprint density at radius 2 is 1.40 bits per heavy atom. The van der Waals surface area contributed by atoms with Gasteiger partial charge in [-0.25, -0.2) is 31.6 Å². The topological polar surface area (TPSA) is 318 Å². The van der Waals surface area contributed by atoms with Gasteiger partial charge in [-0.2, -0.15) is 10.2 Å². The number of carbonyl (C=O) groups excluding carboxylic acids is 4. The Hall–Kier alpha value is -6.10. The van der Waals surface area contributed by atoms with Gasteiger partial charge in [-0.3, -0.25) is 23.8 Å². The van der Waals surface area contributed by atoms with Crippen molar-refractivity contribution in [2.24, 2.45) is 49.0 Å². The molecular weight excluding hydrogens is 1220 g/mol. The zero-order chi connectivity index (χ0) is 58.9. The molecule has 3 saturated carbocycles. The molecule has 10 rings (SSSR count). The lowest BCUT2D eigenvalue weighted by molar-refractivity contribution is -0.178. The highest BCUT2D eigenvalue weighted by Crippen LogP contribution is 2.67. The highest BCUT2D eigenvalue weighted by Gasteiger charge is 2.68. The number of aliphatic hydroxyl groups is 3. The minimum atomic E-state index is -3.95. The molecule has 2 heterocycles. The molecule has 430 valence electrons. The fraction of sp³-hybridized carbons (Fsp3) is 0.321. The molecule has 0 aliphatic heterocycles. The minimum absolute atomic E-state index is 0.00912. The van der Waals surface area contributed by atoms with Gasteiger partial charge in [0.1, 0.15) is 17.9 Å². The van der Waals surface area contributed by atoms with E-state index in [9.17, 15) is 51.3 Å². The maximum absolute atomic E-state index is 12.8. The second-order valence-corrected chi connectivity index (χ2v) is 27.3. The lowest BCUT2D eigenvalue weighted by atomic mass is 9.46. The van der Waals surface area contributed by atoms with Crippen LogP contribution < -0.4 is 19.5 Å². The van der Waals surface area contributed by atoms with Gasteiger partial charge in [0.15, 0.2) is 32.4 Å². The number of allylic oxidation sites excluding steroid dienone is 4. The van der Waals surface area contributed by atoms with E-state index in [1.165, 1.54) is 85.2 Å². The van der Waals surface area contributed by atoms with E-state index in [2.05, 4.69) is 52.1 Å². The number of Topliss-reactive ketones (excluding diaryl/α,β-unsaturated/α-hetero) is 1. The van der Waals surface area contributed by atoms with Gasteiger partial charge in [0.25, 0.3) is 26.0 Å². The number of carbonyl (C=O) groups is 4. The number of esters is 1. The fourth-order valence-corrected chi connectivity index (χ4v) is 15.3. The van der Waals surface area contributed by atoms with Crippen molar-refractivity contribution in [3.05, 3.63) is 120 Å². The SMILES string of the molecule is CC12C=CC(=O)C=C1CCC1C2C(O)CC2(C)C1CCC2(O)C(=O)CO.O=C(Nc1cccc2c(OC(=O)C(Cl)Cl)c(N=Nc3ccc(S(=O)(=O)Nc4nccs4)cc3)cc(N=Nc3ccc(S(=O)(=O)Nc4nccs4)cc3)c12)C(Cl)Cl. The van der Waals surface area contributed by atoms with Gasteiger partial charge in [-0.05, 0) is 117 Å². The maximum atomic E-state index is 12.8. The molecule has 7 atom stereocenters. The second-order valence-electron chi connectivity index (χ2n) is 19.9. The second kappa shape index (κ2) is 24.2. The van der Waals surface area contributed by atoms with Gasteiger partial charge in [0, 0.05) is 50.7 Å². The van der Waals surface area contributed by atoms with Gasteiger partial charge in [0.05, 0.1) is 38.6 Å². The Balaban J connectivity index is 0.000000258. The van der Waals surface area contributed by atoms with Gasteiger partial charge in [-0.15, -0.1) is 32.9 Å². The molecule has 29 heteroatoms. The van der Waals surface area contributed by atoms with E-state index in [0.717, 1.165) is 47.5 Å². The summed E-state index contributed by atoms with van der Waals surface area (Å²) in [6.45, 7) is 3.34. The third-order valence-corrected chi connectivity index (χ3v) is 20.4. The molecule has 2 aromatic heterocycles. The maximum Gasteiger partial charge on any atom is 0.344 e. The molecule has 3 fully saturated rings. The predicted molar refractivity (Wildman–Crippen MR) is 311 cm³/mol. The number of sulfonamides is 2. The first-order valence-corrected chi connectivity index (χ1v) is 31.4. The van der Waals surface area contributed by atoms with Crippen LogP contribution in [0.2, 0.25) is 0 Å². The van der Waals surface area contributed by atoms with Crippen molar-refractivity contribution in [2.75, 3.05) is 21.4 Å². The molecule has 4 aromatic carbocycles. The van der Waals surface area contributed by atoms with E-state index >= 15 is 0 Å². The summed E-state index contributed by atoms with van der Waals surface area (Å²) >= 11 is 25.5. The van der Waals surface area contributed by atoms with Crippen molar-refractivity contribution in [3.63, 3.8) is 0 Å². The number of azo groups is 2. The Morgan fingerprint density at radius 1 is 0.817 bits per heavy atom. The van der Waals surface area contributed by atoms with E-state index in [4.69, 9.17) is 51.1 Å². The predicted octanol–water partition coefficient (Wildman–Crippen LogP) is 11.2. The average molecular weight is 1270 g/mol. The molecular formula is C53H49Cl4N9O12S4. The minimum Gasteiger partial charge on any atom is -0.421 e. The summed E-state index contributed by atoms with van der Waals surface area (Å²) in [5, 5.41) is 55.3. The largest absolute Gasteiger partial charge is 0.421 e. The molecule has 4 aliphatic rings. The van der Waals surface area contributed by atoms with Crippen LogP contribution in [0.5, 0.6) is 5.75 Å². The quantitative estimate of drug-likeness (QED) is 0.0227. The first kappa shape index (κ1) is 60.5. The molecule has 6 N–H and O–H groups in total. The van der Waals surface area contributed by atoms with Crippen LogP contribution in [0.1, 0.15) is 46.0 Å². The summed E-state index contributed by atoms with van der Waals surface area (Å²) in [4.78, 5) is 54.2. The highest BCUT2D eigenvalue weighted by molar-refractivity contribution is 7.93. The van der Waals surface area contributed by atoms with Crippen LogP contribution in [-0.2, 0) is 39.2 Å². The summed E-state index contributed by atoms with van der Waals surface area (Å²) in [5.41, 5.74) is -1.04. The molecule has 1 amide bonds. The molecule has 82 heavy (non-hydrogen) atoms. The monoisotopic (exact) mass is 1270 g/mol. The number of nitrogens with one attached hydrogen (secondary N) is 3. The van der Waals surface area contributed by atoms with Gasteiger partial charge in [-0.1, -0.05) is 84.0 Å². The van der Waals surface area contributed by atoms with Crippen LogP contribution in [0.4, 0.5) is 38.7 Å². The number of benzene rings is 4. The summed E-state index contributed by atoms with van der Waals surface area (Å²) in [7, 11) is -7.91. The lowest BCUT2D eigenvalue weighted by Gasteiger charge is -2.59. The van der Waals surface area contributed by atoms with Crippen LogP contribution in [-0.4, -0.2) is 93.6 Å². The van der Waals surface area contributed by atoms with Gasteiger partial charge in [0.2, 0.25) is 4.84 Å². The summed E-state index contributed by atoms with van der Waals surface area (Å²) in [6.07, 6.45) is 10.6. The number of rotatable bonds is 16. The van der Waals surface area contributed by atoms with Gasteiger partial charge >= 0.3 is 5.97 Å². The summed E-state index contributed by atoms with van der Waals surface area (Å²) in [5.74, 6) is -2.28. The standard InChI is InChI=1S/C32H21Cl4N9O7S4.C21H28O5/c33-27(34)29(46)39-22-3-1-2-21-25(22)23(42-40-17-4-8-19(9-5-17)55(48,49)44-31-37-12-14-53-31)16-24(26(21)52-30(47)28(35)36)43-41-18-6-10-20(11-7-18)56(50,51)45-32-38-13-15-54-32;1-19-7-5-13(23)9-12(19)3-4-14-15-6-8-21(26,17(25)11-22)20(15,2)10-16(24)18(14)19/h1-16,27-28H,(H,37,44)(H,38,45)(H,39,46);5,7,9,14-16,18,22,24,26H,3-4,6,8,10-11H2,1-2H3. The number of thiazole rings is 2. The molecule has 0 spiro atoms. The Labute approximate surface area is 497 Å². The summed E-state index contributed by atoms with van der Waals surface area (Å²) < 4.78 is 61.6. The smallest absolute Gasteiger partial charge is 0.344 e. The molecule has 0 bridgehead atoms. The highest BCUT2D eigenvalue weighted by atomic mass is 35.5. The zero-order valence-electron chi connectivity index (χ0n) is 43.0. The van der Waals surface area contributed by atoms with E-state index in [1.54, 1.807) is 22.9 Å². The fourth-order valence-electron chi connectivity index (χ4n) is 11.5. The number of amides is 1. The van der Waals surface area contributed by atoms with E-state index < -0.39 is 71.1 Å². The number of halogens is 4. The number of aliphatic hydroxyl groups excluding tert-OH is 2. The van der Waals surface area contributed by atoms with Gasteiger partial charge < -0.3 is 25.4 Å². The average Bonchev–Trinajstić information content (AvgIpc) is 1.62. The number of ether oxygens (including phenoxy) is 1.